The molecule has 4 heteroatoms. The van der Waals surface area contributed by atoms with Gasteiger partial charge >= 0.3 is 0 Å². The van der Waals surface area contributed by atoms with E-state index in [9.17, 15) is 9.50 Å². The Morgan fingerprint density at radius 2 is 1.83 bits per heavy atom. The number of fused-ring (bicyclic) bond motifs is 1. The molecule has 0 heterocycles. The van der Waals surface area contributed by atoms with Crippen molar-refractivity contribution in [2.45, 2.75) is 13.1 Å². The number of rotatable bonds is 5. The summed E-state index contributed by atoms with van der Waals surface area (Å²) in [5, 5.41) is 12.4. The van der Waals surface area contributed by atoms with Gasteiger partial charge in [0.1, 0.15) is 30.4 Å². The molecule has 1 unspecified atom stereocenters. The normalized spacial score (nSPS) is 12.3. The van der Waals surface area contributed by atoms with Crippen LogP contribution < -0.4 is 9.64 Å². The number of hydrogen-bond acceptors (Lipinski definition) is 2. The minimum Gasteiger partial charge on any atom is -0.507 e. The van der Waals surface area contributed by atoms with Crippen molar-refractivity contribution >= 4 is 10.8 Å². The minimum absolute atomic E-state index is 0.224. The number of benzene rings is 3. The number of hydrogen-bond donors (Lipinski definition) is 2. The van der Waals surface area contributed by atoms with Crippen LogP contribution in [0.15, 0.2) is 54.6 Å². The molecule has 0 amide bonds. The first-order chi connectivity index (χ1) is 11.6. The van der Waals surface area contributed by atoms with E-state index in [-0.39, 0.29) is 11.6 Å². The van der Waals surface area contributed by atoms with E-state index in [1.54, 1.807) is 25.3 Å². The van der Waals surface area contributed by atoms with Crippen LogP contribution in [0.3, 0.4) is 0 Å². The van der Waals surface area contributed by atoms with Crippen molar-refractivity contribution in [2.75, 3.05) is 14.2 Å². The average molecular weight is 326 g/mol. The standard InChI is InChI=1S/C20H20FNO2/c1-22(12-14-4-3-5-16(21)10-14)13-19-18-11-17(24-2)8-6-15(18)7-9-20(19)23/h3-11,23H,12-13H2,1-2H3/p+1. The van der Waals surface area contributed by atoms with Crippen molar-refractivity contribution in [1.82, 2.24) is 0 Å². The van der Waals surface area contributed by atoms with E-state index in [1.165, 1.54) is 6.07 Å². The van der Waals surface area contributed by atoms with Crippen molar-refractivity contribution in [3.8, 4) is 11.5 Å². The molecule has 0 radical (unpaired) electrons. The van der Waals surface area contributed by atoms with Gasteiger partial charge in [-0.25, -0.2) is 4.39 Å². The maximum absolute atomic E-state index is 13.3. The Labute approximate surface area is 140 Å². The Bertz CT molecular complexity index is 863. The zero-order valence-corrected chi connectivity index (χ0v) is 13.8. The molecule has 1 atom stereocenters. The van der Waals surface area contributed by atoms with Crippen LogP contribution in [0.2, 0.25) is 0 Å². The van der Waals surface area contributed by atoms with Crippen molar-refractivity contribution in [2.24, 2.45) is 0 Å². The number of phenols is 1. The third-order valence-electron chi connectivity index (χ3n) is 4.19. The van der Waals surface area contributed by atoms with Crippen LogP contribution in [0.4, 0.5) is 4.39 Å². The van der Waals surface area contributed by atoms with Gasteiger partial charge in [-0.3, -0.25) is 0 Å². The van der Waals surface area contributed by atoms with Crippen molar-refractivity contribution < 1.29 is 19.1 Å². The summed E-state index contributed by atoms with van der Waals surface area (Å²) in [6.45, 7) is 1.31. The monoisotopic (exact) mass is 326 g/mol. The molecule has 3 aromatic rings. The SMILES string of the molecule is COc1ccc2ccc(O)c(C[NH+](C)Cc3cccc(F)c3)c2c1. The molecule has 3 rings (SSSR count). The van der Waals surface area contributed by atoms with E-state index >= 15 is 0 Å². The van der Waals surface area contributed by atoms with Crippen LogP contribution in [0.5, 0.6) is 11.5 Å². The second kappa shape index (κ2) is 6.89. The fourth-order valence-corrected chi connectivity index (χ4v) is 3.02. The molecule has 0 bridgehead atoms. The molecule has 0 saturated heterocycles. The molecule has 0 saturated carbocycles. The van der Waals surface area contributed by atoms with Crippen molar-refractivity contribution in [3.05, 3.63) is 71.5 Å². The molecule has 0 aromatic heterocycles. The highest BCUT2D eigenvalue weighted by Gasteiger charge is 2.14. The molecule has 0 fully saturated rings. The predicted octanol–water partition coefficient (Wildman–Crippen LogP) is 2.91. The summed E-state index contributed by atoms with van der Waals surface area (Å²) in [5.41, 5.74) is 1.81. The minimum atomic E-state index is -0.224. The average Bonchev–Trinajstić information content (AvgIpc) is 2.57. The Balaban J connectivity index is 1.89. The van der Waals surface area contributed by atoms with E-state index < -0.39 is 0 Å². The number of aromatic hydroxyl groups is 1. The lowest BCUT2D eigenvalue weighted by Gasteiger charge is -2.17. The maximum Gasteiger partial charge on any atom is 0.125 e. The molecule has 2 N–H and O–H groups in total. The van der Waals surface area contributed by atoms with E-state index in [1.807, 2.05) is 37.4 Å². The molecule has 24 heavy (non-hydrogen) atoms. The number of nitrogens with one attached hydrogen (secondary N) is 1. The van der Waals surface area contributed by atoms with Crippen LogP contribution in [-0.2, 0) is 13.1 Å². The smallest absolute Gasteiger partial charge is 0.125 e. The van der Waals surface area contributed by atoms with Gasteiger partial charge in [-0.05, 0) is 41.1 Å². The molecular formula is C20H21FNO2+. The number of ether oxygens (including phenoxy) is 1. The quantitative estimate of drug-likeness (QED) is 0.756. The third kappa shape index (κ3) is 3.49. The lowest BCUT2D eigenvalue weighted by atomic mass is 10.0. The summed E-state index contributed by atoms with van der Waals surface area (Å²) in [5.74, 6) is 0.810. The fourth-order valence-electron chi connectivity index (χ4n) is 3.02. The van der Waals surface area contributed by atoms with E-state index in [4.69, 9.17) is 4.74 Å². The van der Waals surface area contributed by atoms with Gasteiger partial charge in [0.05, 0.1) is 19.7 Å². The van der Waals surface area contributed by atoms with Gasteiger partial charge in [-0.15, -0.1) is 0 Å². The Hall–Kier alpha value is -2.59. The number of methoxy groups -OCH3 is 1. The zero-order chi connectivity index (χ0) is 17.1. The topological polar surface area (TPSA) is 33.9 Å². The van der Waals surface area contributed by atoms with Gasteiger partial charge < -0.3 is 14.7 Å². The number of quaternary nitrogens is 1. The lowest BCUT2D eigenvalue weighted by Crippen LogP contribution is -3.06. The summed E-state index contributed by atoms with van der Waals surface area (Å²) < 4.78 is 18.6. The summed E-state index contributed by atoms with van der Waals surface area (Å²) in [6, 6.07) is 16.1. The van der Waals surface area contributed by atoms with Gasteiger partial charge in [0.2, 0.25) is 0 Å². The zero-order valence-electron chi connectivity index (χ0n) is 13.8. The molecule has 3 nitrogen and oxygen atoms in total. The second-order valence-electron chi connectivity index (χ2n) is 6.09. The van der Waals surface area contributed by atoms with E-state index in [0.29, 0.717) is 13.1 Å². The predicted molar refractivity (Wildman–Crippen MR) is 92.9 cm³/mol. The highest BCUT2D eigenvalue weighted by molar-refractivity contribution is 5.88. The molecule has 0 aliphatic carbocycles. The molecule has 3 aromatic carbocycles. The highest BCUT2D eigenvalue weighted by Crippen LogP contribution is 2.29. The lowest BCUT2D eigenvalue weighted by molar-refractivity contribution is -0.907. The van der Waals surface area contributed by atoms with Crippen LogP contribution in [0, 0.1) is 5.82 Å². The first kappa shape index (κ1) is 16.3. The molecular weight excluding hydrogens is 305 g/mol. The number of phenolic OH excluding ortho intramolecular Hbond substituents is 1. The molecule has 124 valence electrons. The third-order valence-corrected chi connectivity index (χ3v) is 4.19. The Kier molecular flexibility index (Phi) is 4.67. The largest absolute Gasteiger partial charge is 0.507 e. The van der Waals surface area contributed by atoms with Crippen molar-refractivity contribution in [1.29, 1.82) is 0 Å². The van der Waals surface area contributed by atoms with Gasteiger partial charge in [-0.2, -0.15) is 0 Å². The molecule has 0 aliphatic heterocycles. The van der Waals surface area contributed by atoms with Crippen LogP contribution in [-0.4, -0.2) is 19.3 Å². The van der Waals surface area contributed by atoms with Gasteiger partial charge in [0, 0.05) is 5.56 Å². The highest BCUT2D eigenvalue weighted by atomic mass is 19.1. The van der Waals surface area contributed by atoms with Crippen molar-refractivity contribution in [3.63, 3.8) is 0 Å². The fraction of sp³-hybridized carbons (Fsp3) is 0.200. The Morgan fingerprint density at radius 1 is 1.04 bits per heavy atom. The maximum atomic E-state index is 13.3. The van der Waals surface area contributed by atoms with Gasteiger partial charge in [-0.1, -0.05) is 24.3 Å². The van der Waals surface area contributed by atoms with Gasteiger partial charge in [0.25, 0.3) is 0 Å². The summed E-state index contributed by atoms with van der Waals surface area (Å²) >= 11 is 0. The first-order valence-electron chi connectivity index (χ1n) is 7.91. The molecule has 0 aliphatic rings. The second-order valence-corrected chi connectivity index (χ2v) is 6.09. The van der Waals surface area contributed by atoms with Gasteiger partial charge in [0.15, 0.2) is 0 Å². The van der Waals surface area contributed by atoms with Crippen LogP contribution >= 0.6 is 0 Å². The van der Waals surface area contributed by atoms with Crippen LogP contribution in [0.1, 0.15) is 11.1 Å². The summed E-state index contributed by atoms with van der Waals surface area (Å²) in [7, 11) is 3.66. The molecule has 0 spiro atoms. The van der Waals surface area contributed by atoms with E-state index in [2.05, 4.69) is 0 Å². The Morgan fingerprint density at radius 3 is 2.58 bits per heavy atom. The van der Waals surface area contributed by atoms with Crippen LogP contribution in [0.25, 0.3) is 10.8 Å². The summed E-state index contributed by atoms with van der Waals surface area (Å²) in [6.07, 6.45) is 0. The summed E-state index contributed by atoms with van der Waals surface area (Å²) in [4.78, 5) is 1.16. The van der Waals surface area contributed by atoms with E-state index in [0.717, 1.165) is 32.5 Å². The first-order valence-corrected chi connectivity index (χ1v) is 7.91. The number of halogens is 1.